The third-order valence-electron chi connectivity index (χ3n) is 3.51. The Morgan fingerprint density at radius 3 is 2.10 bits per heavy atom. The Bertz CT molecular complexity index is 650. The van der Waals surface area contributed by atoms with E-state index in [1.54, 1.807) is 5.56 Å². The van der Waals surface area contributed by atoms with Crippen molar-refractivity contribution in [3.8, 4) is 11.1 Å². The molecule has 0 aliphatic heterocycles. The molecule has 0 heterocycles. The molecule has 2 aromatic carbocycles. The van der Waals surface area contributed by atoms with E-state index in [9.17, 15) is 0 Å². The van der Waals surface area contributed by atoms with Crippen LogP contribution in [0.5, 0.6) is 0 Å². The zero-order valence-corrected chi connectivity index (χ0v) is 15.5. The Kier molecular flexibility index (Phi) is 7.67. The Labute approximate surface area is 154 Å². The second kappa shape index (κ2) is 8.74. The van der Waals surface area contributed by atoms with Crippen molar-refractivity contribution in [1.82, 2.24) is 0 Å². The second-order valence-corrected chi connectivity index (χ2v) is 6.08. The predicted molar refractivity (Wildman–Crippen MR) is 77.2 cm³/mol. The van der Waals surface area contributed by atoms with Gasteiger partial charge in [0.15, 0.2) is 0 Å². The minimum atomic E-state index is 0. The van der Waals surface area contributed by atoms with Crippen molar-refractivity contribution in [1.29, 1.82) is 0 Å². The van der Waals surface area contributed by atoms with Crippen LogP contribution in [0.25, 0.3) is 11.1 Å². The third-order valence-corrected chi connectivity index (χ3v) is 4.66. The molecular formula is C18H15Cl2Zr. The van der Waals surface area contributed by atoms with Crippen LogP contribution in [-0.4, -0.2) is 0 Å². The van der Waals surface area contributed by atoms with Crippen LogP contribution in [0.2, 0.25) is 0 Å². The van der Waals surface area contributed by atoms with E-state index in [4.69, 9.17) is 0 Å². The van der Waals surface area contributed by atoms with Crippen molar-refractivity contribution >= 4 is 3.27 Å². The summed E-state index contributed by atoms with van der Waals surface area (Å²) in [6.45, 7) is 0. The van der Waals surface area contributed by atoms with Crippen LogP contribution in [0.15, 0.2) is 66.8 Å². The van der Waals surface area contributed by atoms with Gasteiger partial charge in [-0.25, -0.2) is 0 Å². The van der Waals surface area contributed by atoms with Gasteiger partial charge < -0.3 is 24.8 Å². The molecule has 0 saturated heterocycles. The number of benzene rings is 2. The molecule has 0 bridgehead atoms. The summed E-state index contributed by atoms with van der Waals surface area (Å²) in [5.74, 6) is 0. The topological polar surface area (TPSA) is 0 Å². The fourth-order valence-corrected chi connectivity index (χ4v) is 3.33. The number of hydrogen-bond acceptors (Lipinski definition) is 0. The van der Waals surface area contributed by atoms with Gasteiger partial charge in [-0.15, -0.1) is 0 Å². The van der Waals surface area contributed by atoms with Gasteiger partial charge in [0.25, 0.3) is 0 Å². The van der Waals surface area contributed by atoms with Gasteiger partial charge in [-0.05, 0) is 6.42 Å². The van der Waals surface area contributed by atoms with Crippen LogP contribution in [0, 0.1) is 0 Å². The number of rotatable bonds is 0. The van der Waals surface area contributed by atoms with Gasteiger partial charge >= 0.3 is 99.1 Å². The van der Waals surface area contributed by atoms with E-state index in [0.29, 0.717) is 0 Å². The fourth-order valence-electron chi connectivity index (χ4n) is 2.55. The zero-order chi connectivity index (χ0) is 13.1. The summed E-state index contributed by atoms with van der Waals surface area (Å²) in [5.41, 5.74) is 5.92. The molecule has 0 nitrogen and oxygen atoms in total. The maximum absolute atomic E-state index is 2.24. The molecule has 2 aromatic rings. The number of halogens is 2. The van der Waals surface area contributed by atoms with E-state index in [2.05, 4.69) is 66.8 Å². The summed E-state index contributed by atoms with van der Waals surface area (Å²) in [4.78, 5) is 0. The van der Waals surface area contributed by atoms with E-state index in [0.717, 1.165) is 12.8 Å². The van der Waals surface area contributed by atoms with Crippen LogP contribution in [0.3, 0.4) is 0 Å². The van der Waals surface area contributed by atoms with Crippen molar-refractivity contribution in [2.24, 2.45) is 0 Å². The predicted octanol–water partition coefficient (Wildman–Crippen LogP) is -2.06. The quantitative estimate of drug-likeness (QED) is 0.412. The number of allylic oxidation sites excluding steroid dienone is 4. The van der Waals surface area contributed by atoms with Crippen LogP contribution in [-0.2, 0) is 31.1 Å². The molecule has 21 heavy (non-hydrogen) atoms. The van der Waals surface area contributed by atoms with E-state index < -0.39 is 0 Å². The minimum absolute atomic E-state index is 0. The standard InChI is InChI=1S/C13H9.C5H6.2ClH.Zr/c1-3-7-12-10(5-1)9-11-6-2-4-8-13(11)12;1-2-4-5-3-1;;;/h1-5,7-8H,9H2;1-4H,5H2;2*1H;/q;;;;+2/p-2. The zero-order valence-electron chi connectivity index (χ0n) is 11.5. The molecule has 0 radical (unpaired) electrons. The van der Waals surface area contributed by atoms with Crippen LogP contribution < -0.4 is 28.1 Å². The van der Waals surface area contributed by atoms with Crippen molar-refractivity contribution in [2.45, 2.75) is 12.8 Å². The molecule has 0 atom stereocenters. The number of fused-ring (bicyclic) bond motifs is 3. The Morgan fingerprint density at radius 2 is 1.43 bits per heavy atom. The molecule has 2 aliphatic rings. The fraction of sp³-hybridized carbons (Fsp3) is 0.111. The molecule has 0 N–H and O–H groups in total. The molecule has 105 valence electrons. The summed E-state index contributed by atoms with van der Waals surface area (Å²) in [5, 5.41) is 0. The van der Waals surface area contributed by atoms with Crippen molar-refractivity contribution in [3.63, 3.8) is 0 Å². The van der Waals surface area contributed by atoms with Gasteiger partial charge in [-0.3, -0.25) is 0 Å². The summed E-state index contributed by atoms with van der Waals surface area (Å²) >= 11 is 1.52. The second-order valence-electron chi connectivity index (χ2n) is 4.76. The molecule has 3 heteroatoms. The van der Waals surface area contributed by atoms with E-state index >= 15 is 0 Å². The first kappa shape index (κ1) is 18.4. The maximum atomic E-state index is 2.24. The molecule has 0 amide bonds. The molecule has 0 spiro atoms. The molecule has 0 unspecified atom stereocenters. The first-order valence-electron chi connectivity index (χ1n) is 6.59. The number of hydrogen-bond donors (Lipinski definition) is 0. The van der Waals surface area contributed by atoms with Crippen molar-refractivity contribution in [2.75, 3.05) is 0 Å². The normalized spacial score (nSPS) is 12.5. The first-order valence-corrected chi connectivity index (χ1v) is 7.82. The average molecular weight is 393 g/mol. The van der Waals surface area contributed by atoms with E-state index in [-0.39, 0.29) is 24.8 Å². The van der Waals surface area contributed by atoms with Crippen molar-refractivity contribution in [3.05, 3.63) is 77.9 Å². The molecule has 2 aliphatic carbocycles. The van der Waals surface area contributed by atoms with Gasteiger partial charge in [0, 0.05) is 0 Å². The molecule has 0 saturated carbocycles. The Balaban J connectivity index is 0.000000273. The molecular weight excluding hydrogens is 378 g/mol. The van der Waals surface area contributed by atoms with Gasteiger partial charge in [-0.1, -0.05) is 24.3 Å². The Hall–Kier alpha value is -0.617. The average Bonchev–Trinajstić information content (AvgIpc) is 3.10. The summed E-state index contributed by atoms with van der Waals surface area (Å²) in [6.07, 6.45) is 10.6. The summed E-state index contributed by atoms with van der Waals surface area (Å²) < 4.78 is 1.51. The monoisotopic (exact) mass is 391 g/mol. The van der Waals surface area contributed by atoms with Crippen LogP contribution in [0.1, 0.15) is 17.5 Å². The SMILES string of the molecule is C1=CCC=C1.[Cl-].[Cl-].[Zr+2][c]1cccc2c1Cc1ccccc1-2. The van der Waals surface area contributed by atoms with Crippen LogP contribution >= 0.6 is 0 Å². The first-order chi connectivity index (χ1) is 9.36. The summed E-state index contributed by atoms with van der Waals surface area (Å²) in [6, 6.07) is 15.4. The van der Waals surface area contributed by atoms with Crippen molar-refractivity contribution < 1.29 is 49.5 Å². The van der Waals surface area contributed by atoms with Gasteiger partial charge in [0.05, 0.1) is 0 Å². The summed E-state index contributed by atoms with van der Waals surface area (Å²) in [7, 11) is 0. The van der Waals surface area contributed by atoms with E-state index in [1.807, 2.05) is 0 Å². The van der Waals surface area contributed by atoms with Gasteiger partial charge in [-0.2, -0.15) is 0 Å². The third kappa shape index (κ3) is 4.19. The molecule has 0 aromatic heterocycles. The van der Waals surface area contributed by atoms with Crippen LogP contribution in [0.4, 0.5) is 0 Å². The van der Waals surface area contributed by atoms with Gasteiger partial charge in [0.1, 0.15) is 0 Å². The Morgan fingerprint density at radius 1 is 0.762 bits per heavy atom. The molecule has 0 fully saturated rings. The van der Waals surface area contributed by atoms with Gasteiger partial charge in [0.2, 0.25) is 0 Å². The van der Waals surface area contributed by atoms with E-state index in [1.165, 1.54) is 44.7 Å². The molecule has 4 rings (SSSR count).